The van der Waals surface area contributed by atoms with Crippen LogP contribution in [0.2, 0.25) is 0 Å². The summed E-state index contributed by atoms with van der Waals surface area (Å²) in [5.74, 6) is -0.920. The molecule has 0 spiro atoms. The van der Waals surface area contributed by atoms with Gasteiger partial charge in [-0.25, -0.2) is 0 Å². The topological polar surface area (TPSA) is 59.3 Å². The summed E-state index contributed by atoms with van der Waals surface area (Å²) in [4.78, 5) is 23.0. The molecule has 1 rings (SSSR count). The highest BCUT2D eigenvalue weighted by Gasteiger charge is 2.11. The Balaban J connectivity index is 2.00. The van der Waals surface area contributed by atoms with E-state index in [0.29, 0.717) is 12.1 Å². The molecule has 1 aromatic rings. The highest BCUT2D eigenvalue weighted by Crippen LogP contribution is 2.11. The second-order valence-corrected chi connectivity index (χ2v) is 7.31. The van der Waals surface area contributed by atoms with E-state index in [2.05, 4.69) is 31.2 Å². The molecule has 0 aliphatic heterocycles. The van der Waals surface area contributed by atoms with Crippen molar-refractivity contribution in [3.05, 3.63) is 48.3 Å². The van der Waals surface area contributed by atoms with Crippen molar-refractivity contribution in [1.82, 2.24) is 4.57 Å². The summed E-state index contributed by atoms with van der Waals surface area (Å²) in [7, 11) is 0. The van der Waals surface area contributed by atoms with Gasteiger partial charge in [-0.2, -0.15) is 0 Å². The molecule has 1 aromatic heterocycles. The lowest BCUT2D eigenvalue weighted by Crippen LogP contribution is -2.15. The molecule has 0 aromatic carbocycles. The smallest absolute Gasteiger partial charge is 0.309 e. The Bertz CT molecular complexity index is 613. The zero-order chi connectivity index (χ0) is 20.5. The second kappa shape index (κ2) is 15.9. The van der Waals surface area contributed by atoms with Crippen LogP contribution >= 0.6 is 0 Å². The van der Waals surface area contributed by atoms with Gasteiger partial charge in [0.1, 0.15) is 0 Å². The summed E-state index contributed by atoms with van der Waals surface area (Å²) < 4.78 is 1.48. The number of carboxylic acids is 1. The first kappa shape index (κ1) is 23.9. The Morgan fingerprint density at radius 3 is 2.25 bits per heavy atom. The number of allylic oxidation sites excluding steroid dienone is 4. The first-order chi connectivity index (χ1) is 13.6. The van der Waals surface area contributed by atoms with E-state index in [0.717, 1.165) is 32.1 Å². The van der Waals surface area contributed by atoms with Crippen molar-refractivity contribution in [2.24, 2.45) is 0 Å². The maximum absolute atomic E-state index is 12.2. The molecule has 0 unspecified atom stereocenters. The summed E-state index contributed by atoms with van der Waals surface area (Å²) in [6.45, 7) is 2.23. The fraction of sp³-hybridized carbons (Fsp3) is 0.583. The van der Waals surface area contributed by atoms with Crippen LogP contribution in [0.5, 0.6) is 0 Å². The fourth-order valence-electron chi connectivity index (χ4n) is 3.17. The van der Waals surface area contributed by atoms with Crippen molar-refractivity contribution < 1.29 is 14.7 Å². The van der Waals surface area contributed by atoms with Crippen LogP contribution in [0.1, 0.15) is 94.5 Å². The molecule has 0 aliphatic carbocycles. The summed E-state index contributed by atoms with van der Waals surface area (Å²) in [5.41, 5.74) is 0.556. The average molecular weight is 388 g/mol. The fourth-order valence-corrected chi connectivity index (χ4v) is 3.17. The first-order valence-corrected chi connectivity index (χ1v) is 10.9. The predicted molar refractivity (Wildman–Crippen MR) is 116 cm³/mol. The Hall–Kier alpha value is -2.10. The van der Waals surface area contributed by atoms with E-state index < -0.39 is 5.97 Å². The number of carboxylic acid groups (broad SMARTS) is 1. The van der Waals surface area contributed by atoms with Gasteiger partial charge in [0, 0.05) is 18.3 Å². The van der Waals surface area contributed by atoms with E-state index in [1.165, 1.54) is 43.1 Å². The molecule has 1 N–H and O–H groups in total. The van der Waals surface area contributed by atoms with Gasteiger partial charge in [0.25, 0.3) is 0 Å². The van der Waals surface area contributed by atoms with Gasteiger partial charge in [-0.05, 0) is 50.7 Å². The molecule has 1 heterocycles. The van der Waals surface area contributed by atoms with Crippen LogP contribution in [0.15, 0.2) is 42.6 Å². The molecule has 0 radical (unpaired) electrons. The van der Waals surface area contributed by atoms with Gasteiger partial charge in [0.15, 0.2) is 0 Å². The van der Waals surface area contributed by atoms with Crippen molar-refractivity contribution in [1.29, 1.82) is 0 Å². The lowest BCUT2D eigenvalue weighted by atomic mass is 10.1. The Labute approximate surface area is 170 Å². The minimum Gasteiger partial charge on any atom is -0.481 e. The standard InChI is InChI=1S/C24H37NO3/c1-2-3-4-5-6-7-8-9-10-11-12-13-14-15-16-19-23(26)25-20-17-18-22(25)21-24(27)28/h6-7,9-10,17-18,20H,2-5,8,11-16,19,21H2,1H3,(H,27,28)/b7-6+,10-9+. The summed E-state index contributed by atoms with van der Waals surface area (Å²) >= 11 is 0. The molecule has 0 saturated carbocycles. The van der Waals surface area contributed by atoms with E-state index in [9.17, 15) is 9.59 Å². The maximum atomic E-state index is 12.2. The number of hydrogen-bond acceptors (Lipinski definition) is 2. The number of nitrogens with zero attached hydrogens (tertiary/aromatic N) is 1. The number of aliphatic carboxylic acids is 1. The van der Waals surface area contributed by atoms with E-state index in [1.807, 2.05) is 0 Å². The van der Waals surface area contributed by atoms with Gasteiger partial charge in [0.05, 0.1) is 6.42 Å². The second-order valence-electron chi connectivity index (χ2n) is 7.31. The monoisotopic (exact) mass is 387 g/mol. The number of unbranched alkanes of at least 4 members (excludes halogenated alkanes) is 8. The maximum Gasteiger partial charge on any atom is 0.309 e. The zero-order valence-electron chi connectivity index (χ0n) is 17.4. The number of carbonyl (C=O) groups excluding carboxylic acids is 1. The van der Waals surface area contributed by atoms with Crippen molar-refractivity contribution >= 4 is 11.9 Å². The molecule has 156 valence electrons. The highest BCUT2D eigenvalue weighted by molar-refractivity contribution is 5.81. The minimum absolute atomic E-state index is 0.00747. The molecule has 0 saturated heterocycles. The van der Waals surface area contributed by atoms with Crippen molar-refractivity contribution in [2.45, 2.75) is 90.4 Å². The Morgan fingerprint density at radius 2 is 1.57 bits per heavy atom. The third-order valence-corrected chi connectivity index (χ3v) is 4.78. The molecule has 28 heavy (non-hydrogen) atoms. The van der Waals surface area contributed by atoms with Crippen molar-refractivity contribution in [3.63, 3.8) is 0 Å². The third kappa shape index (κ3) is 11.6. The van der Waals surface area contributed by atoms with E-state index in [1.54, 1.807) is 18.3 Å². The summed E-state index contributed by atoms with van der Waals surface area (Å²) in [6.07, 6.45) is 23.8. The Morgan fingerprint density at radius 1 is 0.929 bits per heavy atom. The van der Waals surface area contributed by atoms with Crippen molar-refractivity contribution in [2.75, 3.05) is 0 Å². The average Bonchev–Trinajstić information content (AvgIpc) is 3.12. The quantitative estimate of drug-likeness (QED) is 0.258. The van der Waals surface area contributed by atoms with Gasteiger partial charge in [-0.1, -0.05) is 63.3 Å². The minimum atomic E-state index is -0.912. The van der Waals surface area contributed by atoms with Crippen LogP contribution < -0.4 is 0 Å². The van der Waals surface area contributed by atoms with Crippen LogP contribution in [-0.4, -0.2) is 21.6 Å². The molecule has 0 atom stereocenters. The number of carbonyl (C=O) groups is 2. The van der Waals surface area contributed by atoms with E-state index in [4.69, 9.17) is 5.11 Å². The molecular weight excluding hydrogens is 350 g/mol. The van der Waals surface area contributed by atoms with Gasteiger partial charge >= 0.3 is 5.97 Å². The van der Waals surface area contributed by atoms with Crippen molar-refractivity contribution in [3.8, 4) is 0 Å². The van der Waals surface area contributed by atoms with Crippen LogP contribution in [0.4, 0.5) is 0 Å². The molecular formula is C24H37NO3. The van der Waals surface area contributed by atoms with Gasteiger partial charge in [-0.15, -0.1) is 0 Å². The normalized spacial score (nSPS) is 11.6. The predicted octanol–water partition coefficient (Wildman–Crippen LogP) is 6.57. The van der Waals surface area contributed by atoms with Crippen LogP contribution in [-0.2, 0) is 11.2 Å². The molecule has 0 bridgehead atoms. The third-order valence-electron chi connectivity index (χ3n) is 4.78. The summed E-state index contributed by atoms with van der Waals surface area (Å²) in [6, 6.07) is 3.42. The molecule has 4 heteroatoms. The van der Waals surface area contributed by atoms with Gasteiger partial charge in [0.2, 0.25) is 5.91 Å². The lowest BCUT2D eigenvalue weighted by molar-refractivity contribution is -0.136. The molecule has 0 aliphatic rings. The van der Waals surface area contributed by atoms with E-state index in [-0.39, 0.29) is 12.3 Å². The number of rotatable bonds is 16. The first-order valence-electron chi connectivity index (χ1n) is 10.9. The summed E-state index contributed by atoms with van der Waals surface area (Å²) in [5, 5.41) is 8.88. The highest BCUT2D eigenvalue weighted by atomic mass is 16.4. The Kier molecular flexibility index (Phi) is 13.6. The zero-order valence-corrected chi connectivity index (χ0v) is 17.4. The van der Waals surface area contributed by atoms with Crippen LogP contribution in [0, 0.1) is 0 Å². The number of aromatic nitrogens is 1. The van der Waals surface area contributed by atoms with Crippen LogP contribution in [0.25, 0.3) is 0 Å². The molecule has 0 amide bonds. The van der Waals surface area contributed by atoms with E-state index >= 15 is 0 Å². The van der Waals surface area contributed by atoms with Gasteiger partial charge in [-0.3, -0.25) is 14.2 Å². The molecule has 0 fully saturated rings. The van der Waals surface area contributed by atoms with Gasteiger partial charge < -0.3 is 5.11 Å². The largest absolute Gasteiger partial charge is 0.481 e. The SMILES string of the molecule is CCCCC/C=C/C/C=C/CCCCCCCC(=O)n1cccc1CC(=O)O. The lowest BCUT2D eigenvalue weighted by Gasteiger charge is -2.06. The number of hydrogen-bond donors (Lipinski definition) is 1. The molecule has 4 nitrogen and oxygen atoms in total. The van der Waals surface area contributed by atoms with Crippen LogP contribution in [0.3, 0.4) is 0 Å².